The Morgan fingerprint density at radius 1 is 1.06 bits per heavy atom. The molecule has 4 rings (SSSR count). The van der Waals surface area contributed by atoms with Crippen molar-refractivity contribution in [3.63, 3.8) is 0 Å². The summed E-state index contributed by atoms with van der Waals surface area (Å²) >= 11 is 13.7. The van der Waals surface area contributed by atoms with Crippen LogP contribution in [0.5, 0.6) is 11.5 Å². The van der Waals surface area contributed by atoms with Crippen LogP contribution in [0.15, 0.2) is 70.6 Å². The first-order chi connectivity index (χ1) is 15.9. The van der Waals surface area contributed by atoms with Crippen molar-refractivity contribution < 1.29 is 14.3 Å². The molecule has 5 nitrogen and oxygen atoms in total. The van der Waals surface area contributed by atoms with E-state index in [1.165, 1.54) is 17.3 Å². The number of aryl methyl sites for hydroxylation is 1. The highest BCUT2D eigenvalue weighted by Gasteiger charge is 2.24. The smallest absolute Gasteiger partial charge is 0.264 e. The number of carbonyl (C=O) groups excluding carboxylic acids is 1. The second kappa shape index (κ2) is 10.3. The standard InChI is InChI=1S/C25H20Cl2N2O3S/c1-15-3-5-16(6-4-15)14-32-23-20(27)11-17(12-21(23)31-2)13-22-24(30)29-25(33-22)28-19-9-7-18(26)8-10-19/h3-13H,14H2,1-2H3,(H,28,29,30)/b22-13-. The molecule has 3 aromatic rings. The van der Waals surface area contributed by atoms with Crippen LogP contribution in [-0.2, 0) is 11.4 Å². The quantitative estimate of drug-likeness (QED) is 0.380. The molecule has 0 aromatic heterocycles. The second-order valence-electron chi connectivity index (χ2n) is 7.27. The van der Waals surface area contributed by atoms with Crippen molar-refractivity contribution in [3.05, 3.63) is 92.3 Å². The number of amides is 1. The lowest BCUT2D eigenvalue weighted by molar-refractivity contribution is -0.115. The number of rotatable bonds is 6. The van der Waals surface area contributed by atoms with E-state index in [0.29, 0.717) is 49.5 Å². The van der Waals surface area contributed by atoms with Crippen LogP contribution in [0, 0.1) is 6.92 Å². The summed E-state index contributed by atoms with van der Waals surface area (Å²) in [5, 5.41) is 4.28. The monoisotopic (exact) mass is 498 g/mol. The molecule has 0 atom stereocenters. The van der Waals surface area contributed by atoms with Crippen molar-refractivity contribution in [3.8, 4) is 11.5 Å². The van der Waals surface area contributed by atoms with E-state index in [1.807, 2.05) is 31.2 Å². The van der Waals surface area contributed by atoms with Crippen LogP contribution in [0.4, 0.5) is 5.69 Å². The molecule has 8 heteroatoms. The third kappa shape index (κ3) is 5.90. The van der Waals surface area contributed by atoms with Gasteiger partial charge in [-0.1, -0.05) is 53.0 Å². The van der Waals surface area contributed by atoms with Gasteiger partial charge < -0.3 is 14.8 Å². The zero-order chi connectivity index (χ0) is 23.4. The van der Waals surface area contributed by atoms with Gasteiger partial charge in [-0.15, -0.1) is 0 Å². The zero-order valence-electron chi connectivity index (χ0n) is 17.9. The zero-order valence-corrected chi connectivity index (χ0v) is 20.2. The summed E-state index contributed by atoms with van der Waals surface area (Å²) < 4.78 is 11.4. The molecule has 0 bridgehead atoms. The van der Waals surface area contributed by atoms with Gasteiger partial charge in [0.05, 0.1) is 22.7 Å². The largest absolute Gasteiger partial charge is 0.493 e. The Labute approximate surface area is 206 Å². The third-order valence-electron chi connectivity index (χ3n) is 4.76. The Bertz CT molecular complexity index is 1240. The lowest BCUT2D eigenvalue weighted by Gasteiger charge is -2.13. The minimum absolute atomic E-state index is 0.234. The summed E-state index contributed by atoms with van der Waals surface area (Å²) in [5.74, 6) is 0.706. The second-order valence-corrected chi connectivity index (χ2v) is 9.14. The maximum atomic E-state index is 12.4. The van der Waals surface area contributed by atoms with Crippen LogP contribution in [0.25, 0.3) is 6.08 Å². The van der Waals surface area contributed by atoms with E-state index in [2.05, 4.69) is 10.3 Å². The van der Waals surface area contributed by atoms with Crippen molar-refractivity contribution in [1.82, 2.24) is 5.32 Å². The van der Waals surface area contributed by atoms with Crippen LogP contribution in [-0.4, -0.2) is 18.2 Å². The summed E-state index contributed by atoms with van der Waals surface area (Å²) in [6.45, 7) is 2.40. The van der Waals surface area contributed by atoms with E-state index in [-0.39, 0.29) is 5.91 Å². The number of methoxy groups -OCH3 is 1. The lowest BCUT2D eigenvalue weighted by Crippen LogP contribution is -2.19. The minimum Gasteiger partial charge on any atom is -0.493 e. The van der Waals surface area contributed by atoms with Crippen molar-refractivity contribution in [2.24, 2.45) is 4.99 Å². The van der Waals surface area contributed by atoms with Crippen LogP contribution in [0.1, 0.15) is 16.7 Å². The molecule has 1 N–H and O–H groups in total. The molecule has 1 heterocycles. The van der Waals surface area contributed by atoms with Gasteiger partial charge in [0, 0.05) is 5.02 Å². The Morgan fingerprint density at radius 2 is 1.79 bits per heavy atom. The highest BCUT2D eigenvalue weighted by molar-refractivity contribution is 8.18. The number of benzene rings is 3. The first-order valence-electron chi connectivity index (χ1n) is 10.0. The molecule has 0 radical (unpaired) electrons. The van der Waals surface area contributed by atoms with Crippen molar-refractivity contribution in [2.45, 2.75) is 13.5 Å². The number of halogens is 2. The van der Waals surface area contributed by atoms with Crippen molar-refractivity contribution in [1.29, 1.82) is 0 Å². The number of nitrogens with one attached hydrogen (secondary N) is 1. The van der Waals surface area contributed by atoms with Gasteiger partial charge in [-0.3, -0.25) is 4.79 Å². The number of hydrogen-bond donors (Lipinski definition) is 1. The predicted octanol–water partition coefficient (Wildman–Crippen LogP) is 6.78. The molecule has 168 valence electrons. The van der Waals surface area contributed by atoms with Crippen LogP contribution in [0.2, 0.25) is 10.0 Å². The molecule has 3 aromatic carbocycles. The van der Waals surface area contributed by atoms with E-state index in [4.69, 9.17) is 32.7 Å². The van der Waals surface area contributed by atoms with E-state index in [0.717, 1.165) is 5.56 Å². The van der Waals surface area contributed by atoms with E-state index in [1.54, 1.807) is 49.6 Å². The summed E-state index contributed by atoms with van der Waals surface area (Å²) in [4.78, 5) is 17.4. The van der Waals surface area contributed by atoms with Gasteiger partial charge in [0.2, 0.25) is 0 Å². The predicted molar refractivity (Wildman–Crippen MR) is 136 cm³/mol. The fourth-order valence-corrected chi connectivity index (χ4v) is 4.31. The van der Waals surface area contributed by atoms with Gasteiger partial charge in [0.25, 0.3) is 5.91 Å². The van der Waals surface area contributed by atoms with Gasteiger partial charge in [0.1, 0.15) is 6.61 Å². The Morgan fingerprint density at radius 3 is 2.48 bits per heavy atom. The van der Waals surface area contributed by atoms with Crippen molar-refractivity contribution in [2.75, 3.05) is 7.11 Å². The van der Waals surface area contributed by atoms with E-state index >= 15 is 0 Å². The molecule has 33 heavy (non-hydrogen) atoms. The summed E-state index contributed by atoms with van der Waals surface area (Å²) in [6, 6.07) is 18.7. The number of nitrogens with zero attached hydrogens (tertiary/aromatic N) is 1. The number of aliphatic imine (C=N–C) groups is 1. The fraction of sp³-hybridized carbons (Fsp3) is 0.120. The Kier molecular flexibility index (Phi) is 7.28. The van der Waals surface area contributed by atoms with Gasteiger partial charge >= 0.3 is 0 Å². The van der Waals surface area contributed by atoms with Crippen LogP contribution < -0.4 is 14.8 Å². The topological polar surface area (TPSA) is 59.9 Å². The maximum Gasteiger partial charge on any atom is 0.264 e. The average molecular weight is 499 g/mol. The number of amidine groups is 1. The summed E-state index contributed by atoms with van der Waals surface area (Å²) in [6.07, 6.45) is 1.74. The number of thioether (sulfide) groups is 1. The SMILES string of the molecule is COc1cc(/C=C2\SC(=Nc3ccc(Cl)cc3)NC2=O)cc(Cl)c1OCc1ccc(C)cc1. The van der Waals surface area contributed by atoms with E-state index < -0.39 is 0 Å². The van der Waals surface area contributed by atoms with Crippen molar-refractivity contribution >= 4 is 57.8 Å². The first-order valence-corrected chi connectivity index (χ1v) is 11.6. The minimum atomic E-state index is -0.234. The highest BCUT2D eigenvalue weighted by atomic mass is 35.5. The number of carbonyl (C=O) groups is 1. The molecule has 1 amide bonds. The van der Waals surface area contributed by atoms with Gasteiger partial charge in [-0.05, 0) is 72.3 Å². The van der Waals surface area contributed by atoms with Gasteiger partial charge in [-0.2, -0.15) is 0 Å². The summed E-state index contributed by atoms with van der Waals surface area (Å²) in [7, 11) is 1.55. The summed E-state index contributed by atoms with van der Waals surface area (Å²) in [5.41, 5.74) is 3.62. The molecular weight excluding hydrogens is 479 g/mol. The molecule has 1 aliphatic rings. The molecule has 1 saturated heterocycles. The number of ether oxygens (including phenoxy) is 2. The molecule has 0 unspecified atom stereocenters. The Balaban J connectivity index is 1.52. The van der Waals surface area contributed by atoms with Gasteiger partial charge in [0.15, 0.2) is 16.7 Å². The molecule has 0 aliphatic carbocycles. The Hall–Kier alpha value is -2.93. The fourth-order valence-electron chi connectivity index (χ4n) is 3.07. The van der Waals surface area contributed by atoms with Gasteiger partial charge in [-0.25, -0.2) is 4.99 Å². The number of hydrogen-bond acceptors (Lipinski definition) is 5. The molecule has 1 aliphatic heterocycles. The molecule has 0 saturated carbocycles. The maximum absolute atomic E-state index is 12.4. The molecular formula is C25H20Cl2N2O3S. The van der Waals surface area contributed by atoms with Crippen LogP contribution >= 0.6 is 35.0 Å². The molecule has 1 fully saturated rings. The van der Waals surface area contributed by atoms with E-state index in [9.17, 15) is 4.79 Å². The highest BCUT2D eigenvalue weighted by Crippen LogP contribution is 2.38. The third-order valence-corrected chi connectivity index (χ3v) is 6.20. The average Bonchev–Trinajstić information content (AvgIpc) is 3.13. The first kappa shape index (κ1) is 23.2. The molecule has 0 spiro atoms. The lowest BCUT2D eigenvalue weighted by atomic mass is 10.1. The van der Waals surface area contributed by atoms with Crippen LogP contribution in [0.3, 0.4) is 0 Å². The normalized spacial score (nSPS) is 15.7.